The summed E-state index contributed by atoms with van der Waals surface area (Å²) >= 11 is 1.25. The third-order valence-corrected chi connectivity index (χ3v) is 6.29. The fourth-order valence-electron chi connectivity index (χ4n) is 2.91. The van der Waals surface area contributed by atoms with Gasteiger partial charge < -0.3 is 9.88 Å². The van der Waals surface area contributed by atoms with Crippen LogP contribution in [0.25, 0.3) is 11.0 Å². The molecule has 3 N–H and O–H groups in total. The summed E-state index contributed by atoms with van der Waals surface area (Å²) in [5.74, 6) is -0.168. The number of nitrogens with two attached hydrogens (primary N) is 1. The van der Waals surface area contributed by atoms with Crippen LogP contribution in [0.15, 0.2) is 52.5 Å². The molecule has 0 radical (unpaired) electrons. The van der Waals surface area contributed by atoms with Gasteiger partial charge in [-0.15, -0.1) is 0 Å². The number of carbonyl (C=O) groups is 1. The number of unbranched alkanes of at least 4 members (excludes halogenated alkanes) is 1. The van der Waals surface area contributed by atoms with E-state index in [1.807, 2.05) is 10.6 Å². The molecule has 0 unspecified atom stereocenters. The number of aromatic nitrogens is 2. The summed E-state index contributed by atoms with van der Waals surface area (Å²) in [6, 6.07) is 13.4. The molecule has 0 atom stereocenters. The number of primary sulfonamides is 1. The molecule has 0 bridgehead atoms. The minimum atomic E-state index is -3.83. The van der Waals surface area contributed by atoms with Gasteiger partial charge in [-0.3, -0.25) is 4.79 Å². The van der Waals surface area contributed by atoms with Crippen molar-refractivity contribution >= 4 is 44.4 Å². The number of anilines is 1. The van der Waals surface area contributed by atoms with Crippen LogP contribution in [0.1, 0.15) is 25.3 Å². The number of hydrogen-bond acceptors (Lipinski definition) is 6. The van der Waals surface area contributed by atoms with Crippen LogP contribution in [0.3, 0.4) is 0 Å². The third kappa shape index (κ3) is 4.99. The summed E-state index contributed by atoms with van der Waals surface area (Å²) in [6.07, 6.45) is 1.89. The van der Waals surface area contributed by atoms with Gasteiger partial charge in [0.05, 0.1) is 32.9 Å². The topological polar surface area (TPSA) is 131 Å². The Morgan fingerprint density at radius 2 is 2.07 bits per heavy atom. The average molecular weight is 444 g/mol. The van der Waals surface area contributed by atoms with Crippen molar-refractivity contribution in [1.82, 2.24) is 9.55 Å². The Bertz CT molecular complexity index is 1230. The number of fused-ring (bicyclic) bond motifs is 1. The molecule has 0 aliphatic heterocycles. The second-order valence-corrected chi connectivity index (χ2v) is 9.09. The maximum absolute atomic E-state index is 12.4. The first kappa shape index (κ1) is 21.8. The molecule has 156 valence electrons. The molecule has 0 saturated heterocycles. The number of amides is 1. The number of benzene rings is 2. The normalized spacial score (nSPS) is 11.4. The van der Waals surface area contributed by atoms with Gasteiger partial charge in [-0.25, -0.2) is 18.5 Å². The number of sulfonamides is 1. The van der Waals surface area contributed by atoms with Crippen LogP contribution in [-0.2, 0) is 21.4 Å². The summed E-state index contributed by atoms with van der Waals surface area (Å²) in [5.41, 5.74) is 2.15. The SMILES string of the molecule is CCCCn1c(SCC(=O)Nc2ccccc2C#N)nc2cc(S(N)(=O)=O)ccc21. The van der Waals surface area contributed by atoms with Crippen LogP contribution < -0.4 is 10.5 Å². The number of aryl methyl sites for hydroxylation is 1. The monoisotopic (exact) mass is 443 g/mol. The average Bonchev–Trinajstić information content (AvgIpc) is 3.07. The van der Waals surface area contributed by atoms with Gasteiger partial charge in [0.1, 0.15) is 6.07 Å². The lowest BCUT2D eigenvalue weighted by Gasteiger charge is -2.09. The zero-order valence-electron chi connectivity index (χ0n) is 16.3. The largest absolute Gasteiger partial charge is 0.324 e. The second-order valence-electron chi connectivity index (χ2n) is 6.59. The Morgan fingerprint density at radius 1 is 1.30 bits per heavy atom. The first-order valence-corrected chi connectivity index (χ1v) is 11.8. The molecule has 0 spiro atoms. The molecule has 1 aromatic heterocycles. The summed E-state index contributed by atoms with van der Waals surface area (Å²) in [7, 11) is -3.83. The zero-order chi connectivity index (χ0) is 21.7. The van der Waals surface area contributed by atoms with E-state index in [9.17, 15) is 13.2 Å². The van der Waals surface area contributed by atoms with E-state index in [-0.39, 0.29) is 16.6 Å². The molecule has 0 aliphatic carbocycles. The van der Waals surface area contributed by atoms with Crippen molar-refractivity contribution in [2.24, 2.45) is 5.14 Å². The maximum atomic E-state index is 12.4. The van der Waals surface area contributed by atoms with Crippen LogP contribution >= 0.6 is 11.8 Å². The van der Waals surface area contributed by atoms with Crippen molar-refractivity contribution in [3.8, 4) is 6.07 Å². The van der Waals surface area contributed by atoms with E-state index in [1.54, 1.807) is 30.3 Å². The number of nitrogens with one attached hydrogen (secondary N) is 1. The Labute approximate surface area is 179 Å². The summed E-state index contributed by atoms with van der Waals surface area (Å²) in [6.45, 7) is 2.77. The van der Waals surface area contributed by atoms with E-state index in [0.29, 0.717) is 28.5 Å². The second kappa shape index (κ2) is 9.30. The van der Waals surface area contributed by atoms with E-state index in [1.165, 1.54) is 23.9 Å². The highest BCUT2D eigenvalue weighted by Crippen LogP contribution is 2.27. The van der Waals surface area contributed by atoms with Crippen molar-refractivity contribution in [2.45, 2.75) is 36.4 Å². The highest BCUT2D eigenvalue weighted by molar-refractivity contribution is 7.99. The fraction of sp³-hybridized carbons (Fsp3) is 0.250. The number of imidazole rings is 1. The van der Waals surface area contributed by atoms with Crippen molar-refractivity contribution in [2.75, 3.05) is 11.1 Å². The molecule has 8 nitrogen and oxygen atoms in total. The van der Waals surface area contributed by atoms with E-state index in [4.69, 9.17) is 10.4 Å². The van der Waals surface area contributed by atoms with Gasteiger partial charge in [-0.05, 0) is 36.8 Å². The molecule has 1 amide bonds. The lowest BCUT2D eigenvalue weighted by Crippen LogP contribution is -2.15. The lowest BCUT2D eigenvalue weighted by atomic mass is 10.2. The zero-order valence-corrected chi connectivity index (χ0v) is 18.0. The number of para-hydroxylation sites is 1. The van der Waals surface area contributed by atoms with Gasteiger partial charge in [0, 0.05) is 6.54 Å². The molecule has 3 aromatic rings. The molecular formula is C20H21N5O3S2. The molecule has 10 heteroatoms. The van der Waals surface area contributed by atoms with E-state index < -0.39 is 10.0 Å². The summed E-state index contributed by atoms with van der Waals surface area (Å²) in [5, 5.41) is 17.7. The summed E-state index contributed by atoms with van der Waals surface area (Å²) < 4.78 is 25.3. The third-order valence-electron chi connectivity index (χ3n) is 4.40. The minimum absolute atomic E-state index is 0.00227. The van der Waals surface area contributed by atoms with E-state index >= 15 is 0 Å². The molecule has 1 heterocycles. The van der Waals surface area contributed by atoms with Crippen molar-refractivity contribution in [3.63, 3.8) is 0 Å². The van der Waals surface area contributed by atoms with Crippen molar-refractivity contribution in [3.05, 3.63) is 48.0 Å². The Kier molecular flexibility index (Phi) is 6.77. The van der Waals surface area contributed by atoms with Crippen LogP contribution in [0.5, 0.6) is 0 Å². The Hall–Kier alpha value is -2.87. The standard InChI is InChI=1S/C20H21N5O3S2/c1-2-3-10-25-18-9-8-15(30(22,27)28)11-17(18)24-20(25)29-13-19(26)23-16-7-5-4-6-14(16)12-21/h4-9,11H,2-3,10,13H2,1H3,(H,23,26)(H2,22,27,28). The van der Waals surface area contributed by atoms with Crippen LogP contribution in [-0.4, -0.2) is 29.6 Å². The number of nitriles is 1. The number of hydrogen-bond donors (Lipinski definition) is 2. The highest BCUT2D eigenvalue weighted by atomic mass is 32.2. The molecular weight excluding hydrogens is 422 g/mol. The first-order valence-electron chi connectivity index (χ1n) is 9.28. The first-order chi connectivity index (χ1) is 14.3. The van der Waals surface area contributed by atoms with E-state index in [0.717, 1.165) is 18.4 Å². The van der Waals surface area contributed by atoms with Crippen molar-refractivity contribution in [1.29, 1.82) is 5.26 Å². The Balaban J connectivity index is 1.83. The fourth-order valence-corrected chi connectivity index (χ4v) is 4.29. The van der Waals surface area contributed by atoms with Gasteiger partial charge in [0.25, 0.3) is 0 Å². The minimum Gasteiger partial charge on any atom is -0.324 e. The number of rotatable bonds is 8. The van der Waals surface area contributed by atoms with Gasteiger partial charge >= 0.3 is 0 Å². The van der Waals surface area contributed by atoms with Gasteiger partial charge in [0.15, 0.2) is 5.16 Å². The van der Waals surface area contributed by atoms with Crippen LogP contribution in [0.4, 0.5) is 5.69 Å². The molecule has 2 aromatic carbocycles. The predicted octanol–water partition coefficient (Wildman–Crippen LogP) is 3.09. The summed E-state index contributed by atoms with van der Waals surface area (Å²) in [4.78, 5) is 16.9. The lowest BCUT2D eigenvalue weighted by molar-refractivity contribution is -0.113. The van der Waals surface area contributed by atoms with Crippen LogP contribution in [0, 0.1) is 11.3 Å². The maximum Gasteiger partial charge on any atom is 0.238 e. The van der Waals surface area contributed by atoms with Gasteiger partial charge in [0.2, 0.25) is 15.9 Å². The number of carbonyl (C=O) groups excluding carboxylic acids is 1. The van der Waals surface area contributed by atoms with Crippen LogP contribution in [0.2, 0.25) is 0 Å². The highest BCUT2D eigenvalue weighted by Gasteiger charge is 2.16. The van der Waals surface area contributed by atoms with Gasteiger partial charge in [-0.2, -0.15) is 5.26 Å². The molecule has 30 heavy (non-hydrogen) atoms. The molecule has 0 saturated carbocycles. The molecule has 3 rings (SSSR count). The molecule has 0 fully saturated rings. The number of thioether (sulfide) groups is 1. The smallest absolute Gasteiger partial charge is 0.238 e. The number of nitrogens with zero attached hydrogens (tertiary/aromatic N) is 3. The Morgan fingerprint density at radius 3 is 2.77 bits per heavy atom. The predicted molar refractivity (Wildman–Crippen MR) is 117 cm³/mol. The van der Waals surface area contributed by atoms with Crippen molar-refractivity contribution < 1.29 is 13.2 Å². The molecule has 0 aliphatic rings. The van der Waals surface area contributed by atoms with Gasteiger partial charge in [-0.1, -0.05) is 37.2 Å². The quantitative estimate of drug-likeness (QED) is 0.514. The van der Waals surface area contributed by atoms with E-state index in [2.05, 4.69) is 17.2 Å².